The van der Waals surface area contributed by atoms with Crippen LogP contribution in [0.1, 0.15) is 6.92 Å². The van der Waals surface area contributed by atoms with Gasteiger partial charge in [-0.25, -0.2) is 0 Å². The van der Waals surface area contributed by atoms with E-state index in [-0.39, 0.29) is 25.0 Å². The minimum Gasteiger partial charge on any atom is -0.396 e. The summed E-state index contributed by atoms with van der Waals surface area (Å²) in [5, 5.41) is 14.6. The lowest BCUT2D eigenvalue weighted by molar-refractivity contribution is -0.115. The number of carbonyl (C=O) groups is 1. The van der Waals surface area contributed by atoms with Gasteiger partial charge in [0.05, 0.1) is 12.2 Å². The Balaban J connectivity index is 2.33. The Morgan fingerprint density at radius 1 is 1.47 bits per heavy atom. The van der Waals surface area contributed by atoms with Crippen LogP contribution in [0.3, 0.4) is 0 Å². The molecule has 17 heavy (non-hydrogen) atoms. The fraction of sp³-hybridized carbons (Fsp3) is 0.417. The first kappa shape index (κ1) is 14.2. The molecule has 0 fully saturated rings. The molecule has 0 heterocycles. The van der Waals surface area contributed by atoms with E-state index in [1.54, 1.807) is 0 Å². The Kier molecular flexibility index (Phi) is 6.18. The molecule has 1 rings (SSSR count). The molecule has 1 amide bonds. The van der Waals surface area contributed by atoms with Crippen molar-refractivity contribution in [2.75, 3.05) is 25.0 Å². The van der Waals surface area contributed by atoms with Crippen LogP contribution in [0.2, 0.25) is 0 Å². The fourth-order valence-corrected chi connectivity index (χ4v) is 1.64. The van der Waals surface area contributed by atoms with Crippen molar-refractivity contribution in [3.8, 4) is 0 Å². The number of rotatable bonds is 6. The number of aliphatic hydroxyl groups is 1. The molecule has 0 aliphatic rings. The number of hydrogen-bond donors (Lipinski definition) is 3. The van der Waals surface area contributed by atoms with E-state index in [2.05, 4.69) is 26.6 Å². The van der Waals surface area contributed by atoms with Gasteiger partial charge in [-0.3, -0.25) is 4.79 Å². The van der Waals surface area contributed by atoms with Gasteiger partial charge in [0.15, 0.2) is 0 Å². The van der Waals surface area contributed by atoms with Crippen molar-refractivity contribution in [3.63, 3.8) is 0 Å². The third-order valence-electron chi connectivity index (χ3n) is 2.24. The zero-order chi connectivity index (χ0) is 12.7. The number of aliphatic hydroxyl groups excluding tert-OH is 1. The second kappa shape index (κ2) is 7.42. The summed E-state index contributed by atoms with van der Waals surface area (Å²) in [5.74, 6) is 0.0632. The summed E-state index contributed by atoms with van der Waals surface area (Å²) < 4.78 is 0.858. The predicted molar refractivity (Wildman–Crippen MR) is 71.9 cm³/mol. The van der Waals surface area contributed by atoms with Crippen LogP contribution in [0.25, 0.3) is 0 Å². The molecule has 0 radical (unpaired) electrons. The Morgan fingerprint density at radius 3 is 2.82 bits per heavy atom. The van der Waals surface area contributed by atoms with E-state index < -0.39 is 0 Å². The second-order valence-corrected chi connectivity index (χ2v) is 4.80. The van der Waals surface area contributed by atoms with E-state index in [1.807, 2.05) is 31.2 Å². The number of anilines is 1. The van der Waals surface area contributed by atoms with Crippen LogP contribution >= 0.6 is 15.9 Å². The van der Waals surface area contributed by atoms with Gasteiger partial charge in [-0.1, -0.05) is 19.1 Å². The van der Waals surface area contributed by atoms with Crippen LogP contribution in [-0.2, 0) is 4.79 Å². The van der Waals surface area contributed by atoms with Crippen LogP contribution in [0, 0.1) is 5.92 Å². The highest BCUT2D eigenvalue weighted by atomic mass is 79.9. The van der Waals surface area contributed by atoms with Gasteiger partial charge < -0.3 is 15.7 Å². The third kappa shape index (κ3) is 5.30. The van der Waals surface area contributed by atoms with Crippen molar-refractivity contribution in [1.82, 2.24) is 5.32 Å². The smallest absolute Gasteiger partial charge is 0.238 e. The summed E-state index contributed by atoms with van der Waals surface area (Å²) in [6.45, 7) is 2.91. The predicted octanol–water partition coefficient (Wildman–Crippen LogP) is 1.61. The van der Waals surface area contributed by atoms with E-state index in [4.69, 9.17) is 5.11 Å². The second-order valence-electron chi connectivity index (χ2n) is 3.95. The van der Waals surface area contributed by atoms with Gasteiger partial charge in [-0.15, -0.1) is 0 Å². The molecular weight excluding hydrogens is 284 g/mol. The molecule has 0 aliphatic carbocycles. The van der Waals surface area contributed by atoms with Crippen LogP contribution in [0.4, 0.5) is 5.69 Å². The Labute approximate surface area is 110 Å². The molecule has 0 saturated heterocycles. The summed E-state index contributed by atoms with van der Waals surface area (Å²) in [7, 11) is 0. The number of nitrogens with one attached hydrogen (secondary N) is 2. The average Bonchev–Trinajstić information content (AvgIpc) is 2.32. The molecule has 4 nitrogen and oxygen atoms in total. The largest absolute Gasteiger partial charge is 0.396 e. The lowest BCUT2D eigenvalue weighted by atomic mass is 10.2. The van der Waals surface area contributed by atoms with Crippen molar-refractivity contribution in [2.24, 2.45) is 5.92 Å². The highest BCUT2D eigenvalue weighted by Crippen LogP contribution is 2.20. The maximum Gasteiger partial charge on any atom is 0.238 e. The molecule has 1 aromatic carbocycles. The highest BCUT2D eigenvalue weighted by molar-refractivity contribution is 9.10. The normalized spacial score (nSPS) is 12.2. The monoisotopic (exact) mass is 300 g/mol. The van der Waals surface area contributed by atoms with Gasteiger partial charge in [0.25, 0.3) is 0 Å². The quantitative estimate of drug-likeness (QED) is 0.748. The topological polar surface area (TPSA) is 61.4 Å². The van der Waals surface area contributed by atoms with Gasteiger partial charge >= 0.3 is 0 Å². The standard InChI is InChI=1S/C12H17BrN2O2/c1-9(8-16)6-14-7-12(17)15-11-5-3-2-4-10(11)13/h2-5,9,14,16H,6-8H2,1H3,(H,15,17). The summed E-state index contributed by atoms with van der Waals surface area (Å²) in [6, 6.07) is 7.46. The molecule has 1 atom stereocenters. The number of halogens is 1. The zero-order valence-corrected chi connectivity index (χ0v) is 11.3. The van der Waals surface area contributed by atoms with Gasteiger partial charge in [0.2, 0.25) is 5.91 Å². The summed E-state index contributed by atoms with van der Waals surface area (Å²) in [4.78, 5) is 11.6. The summed E-state index contributed by atoms with van der Waals surface area (Å²) in [6.07, 6.45) is 0. The van der Waals surface area contributed by atoms with Crippen molar-refractivity contribution in [1.29, 1.82) is 0 Å². The van der Waals surface area contributed by atoms with Gasteiger partial charge in [0.1, 0.15) is 0 Å². The summed E-state index contributed by atoms with van der Waals surface area (Å²) in [5.41, 5.74) is 0.759. The first-order chi connectivity index (χ1) is 8.13. The SMILES string of the molecule is CC(CO)CNCC(=O)Nc1ccccc1Br. The molecule has 0 aliphatic heterocycles. The van der Waals surface area contributed by atoms with E-state index >= 15 is 0 Å². The van der Waals surface area contributed by atoms with Crippen LogP contribution in [-0.4, -0.2) is 30.7 Å². The van der Waals surface area contributed by atoms with E-state index in [0.717, 1.165) is 10.2 Å². The molecule has 94 valence electrons. The lowest BCUT2D eigenvalue weighted by Crippen LogP contribution is -2.32. The van der Waals surface area contributed by atoms with E-state index in [1.165, 1.54) is 0 Å². The third-order valence-corrected chi connectivity index (χ3v) is 2.93. The van der Waals surface area contributed by atoms with Gasteiger partial charge in [-0.05, 0) is 34.0 Å². The van der Waals surface area contributed by atoms with Crippen molar-refractivity contribution in [3.05, 3.63) is 28.7 Å². The van der Waals surface area contributed by atoms with E-state index in [0.29, 0.717) is 6.54 Å². The van der Waals surface area contributed by atoms with Crippen LogP contribution in [0.15, 0.2) is 28.7 Å². The number of amides is 1. The van der Waals surface area contributed by atoms with Gasteiger partial charge in [-0.2, -0.15) is 0 Å². The Morgan fingerprint density at radius 2 is 2.18 bits per heavy atom. The van der Waals surface area contributed by atoms with Crippen LogP contribution < -0.4 is 10.6 Å². The van der Waals surface area contributed by atoms with Crippen molar-refractivity contribution >= 4 is 27.5 Å². The molecule has 1 aromatic rings. The Hall–Kier alpha value is -0.910. The molecule has 3 N–H and O–H groups in total. The number of benzene rings is 1. The number of para-hydroxylation sites is 1. The maximum atomic E-state index is 11.6. The Bertz CT molecular complexity index is 371. The van der Waals surface area contributed by atoms with Crippen molar-refractivity contribution < 1.29 is 9.90 Å². The zero-order valence-electron chi connectivity index (χ0n) is 9.74. The highest BCUT2D eigenvalue weighted by Gasteiger charge is 2.05. The molecule has 1 unspecified atom stereocenters. The average molecular weight is 301 g/mol. The lowest BCUT2D eigenvalue weighted by Gasteiger charge is -2.10. The molecule has 0 bridgehead atoms. The minimum absolute atomic E-state index is 0.0953. The van der Waals surface area contributed by atoms with Crippen LogP contribution in [0.5, 0.6) is 0 Å². The summed E-state index contributed by atoms with van der Waals surface area (Å²) >= 11 is 3.36. The van der Waals surface area contributed by atoms with Gasteiger partial charge in [0, 0.05) is 17.6 Å². The number of carbonyl (C=O) groups excluding carboxylic acids is 1. The molecule has 0 aromatic heterocycles. The maximum absolute atomic E-state index is 11.6. The van der Waals surface area contributed by atoms with Crippen molar-refractivity contribution in [2.45, 2.75) is 6.92 Å². The number of hydrogen-bond acceptors (Lipinski definition) is 3. The first-order valence-electron chi connectivity index (χ1n) is 5.49. The van der Waals surface area contributed by atoms with E-state index in [9.17, 15) is 4.79 Å². The fourth-order valence-electron chi connectivity index (χ4n) is 1.25. The molecular formula is C12H17BrN2O2. The minimum atomic E-state index is -0.0953. The first-order valence-corrected chi connectivity index (χ1v) is 6.28. The molecule has 5 heteroatoms. The molecule has 0 saturated carbocycles. The molecule has 0 spiro atoms.